The van der Waals surface area contributed by atoms with E-state index in [1.54, 1.807) is 38.1 Å². The number of rotatable bonds is 3. The van der Waals surface area contributed by atoms with Crippen LogP contribution < -0.4 is 11.5 Å². The van der Waals surface area contributed by atoms with E-state index in [0.29, 0.717) is 11.4 Å². The summed E-state index contributed by atoms with van der Waals surface area (Å²) >= 11 is 0. The van der Waals surface area contributed by atoms with E-state index in [1.807, 2.05) is 0 Å². The zero-order valence-corrected chi connectivity index (χ0v) is 11.4. The van der Waals surface area contributed by atoms with E-state index in [-0.39, 0.29) is 10.8 Å². The van der Waals surface area contributed by atoms with Gasteiger partial charge in [-0.2, -0.15) is 4.68 Å². The Balaban J connectivity index is 2.53. The first kappa shape index (κ1) is 13.3. The van der Waals surface area contributed by atoms with Gasteiger partial charge in [0.25, 0.3) is 0 Å². The predicted octanol–water partition coefficient (Wildman–Crippen LogP) is 0.614. The van der Waals surface area contributed by atoms with Crippen molar-refractivity contribution in [3.63, 3.8) is 0 Å². The molecule has 8 heteroatoms. The molecule has 0 spiro atoms. The number of benzene rings is 1. The zero-order chi connectivity index (χ0) is 14.2. The monoisotopic (exact) mass is 281 g/mol. The fraction of sp³-hybridized carbons (Fsp3) is 0.273. The van der Waals surface area contributed by atoms with Crippen LogP contribution in [0.1, 0.15) is 13.8 Å². The molecule has 4 N–H and O–H groups in total. The maximum Gasteiger partial charge on any atom is 0.221 e. The summed E-state index contributed by atoms with van der Waals surface area (Å²) in [6.45, 7) is 3.13. The largest absolute Gasteiger partial charge is 0.399 e. The second-order valence-corrected chi connectivity index (χ2v) is 6.80. The number of hydrogen-bond donors (Lipinski definition) is 2. The van der Waals surface area contributed by atoms with E-state index in [4.69, 9.17) is 11.5 Å². The first-order valence-electron chi connectivity index (χ1n) is 5.65. The quantitative estimate of drug-likeness (QED) is 0.796. The average molecular weight is 281 g/mol. The Bertz CT molecular complexity index is 688. The van der Waals surface area contributed by atoms with Gasteiger partial charge in [-0.25, -0.2) is 8.42 Å². The third-order valence-electron chi connectivity index (χ3n) is 2.70. The van der Waals surface area contributed by atoms with E-state index in [1.165, 1.54) is 4.68 Å². The molecule has 0 aliphatic rings. The van der Waals surface area contributed by atoms with Crippen molar-refractivity contribution in [2.75, 3.05) is 11.5 Å². The molecule has 7 nitrogen and oxygen atoms in total. The van der Waals surface area contributed by atoms with Crippen molar-refractivity contribution in [1.82, 2.24) is 15.0 Å². The highest BCUT2D eigenvalue weighted by Gasteiger charge is 2.27. The summed E-state index contributed by atoms with van der Waals surface area (Å²) in [6.07, 6.45) is 0. The number of hydrogen-bond acceptors (Lipinski definition) is 6. The first-order valence-corrected chi connectivity index (χ1v) is 7.19. The molecule has 0 fully saturated rings. The minimum absolute atomic E-state index is 0.00142. The van der Waals surface area contributed by atoms with Gasteiger partial charge in [-0.1, -0.05) is 5.21 Å². The van der Waals surface area contributed by atoms with Gasteiger partial charge < -0.3 is 11.5 Å². The van der Waals surface area contributed by atoms with Gasteiger partial charge in [0, 0.05) is 5.69 Å². The van der Waals surface area contributed by atoms with Crippen LogP contribution >= 0.6 is 0 Å². The zero-order valence-electron chi connectivity index (χ0n) is 10.6. The molecule has 19 heavy (non-hydrogen) atoms. The smallest absolute Gasteiger partial charge is 0.221 e. The van der Waals surface area contributed by atoms with Crippen LogP contribution in [-0.4, -0.2) is 28.7 Å². The molecule has 2 aromatic rings. The maximum atomic E-state index is 12.0. The van der Waals surface area contributed by atoms with Gasteiger partial charge in [0.15, 0.2) is 5.82 Å². The lowest BCUT2D eigenvalue weighted by Crippen LogP contribution is -2.16. The molecule has 0 bridgehead atoms. The van der Waals surface area contributed by atoms with Crippen LogP contribution in [0.5, 0.6) is 0 Å². The fourth-order valence-electron chi connectivity index (χ4n) is 1.51. The first-order chi connectivity index (χ1) is 8.84. The molecule has 1 aromatic heterocycles. The molecule has 0 unspecified atom stereocenters. The van der Waals surface area contributed by atoms with Gasteiger partial charge >= 0.3 is 0 Å². The molecule has 1 heterocycles. The summed E-state index contributed by atoms with van der Waals surface area (Å²) in [6, 6.07) is 6.72. The molecule has 102 valence electrons. The number of sulfone groups is 1. The second kappa shape index (κ2) is 4.54. The standard InChI is InChI=1S/C11H15N5O2S/c1-7(2)19(17,18)11-10(13)16(15-14-11)9-5-3-8(12)4-6-9/h3-7H,12-13H2,1-2H3. The van der Waals surface area contributed by atoms with Crippen LogP contribution in [0.3, 0.4) is 0 Å². The summed E-state index contributed by atoms with van der Waals surface area (Å²) in [4.78, 5) is 0. The van der Waals surface area contributed by atoms with Crippen molar-refractivity contribution < 1.29 is 8.42 Å². The summed E-state index contributed by atoms with van der Waals surface area (Å²) in [5.41, 5.74) is 12.6. The molecular formula is C11H15N5O2S. The molecule has 0 amide bonds. The highest BCUT2D eigenvalue weighted by molar-refractivity contribution is 7.92. The third kappa shape index (κ3) is 2.26. The Morgan fingerprint density at radius 2 is 1.74 bits per heavy atom. The van der Waals surface area contributed by atoms with Crippen molar-refractivity contribution in [2.24, 2.45) is 0 Å². The number of nitrogen functional groups attached to an aromatic ring is 2. The third-order valence-corrected chi connectivity index (χ3v) is 4.77. The Labute approximate surface area is 111 Å². The highest BCUT2D eigenvalue weighted by atomic mass is 32.2. The van der Waals surface area contributed by atoms with Crippen LogP contribution in [-0.2, 0) is 9.84 Å². The Hall–Kier alpha value is -2.09. The minimum atomic E-state index is -3.55. The van der Waals surface area contributed by atoms with Gasteiger partial charge in [0.2, 0.25) is 14.9 Å². The van der Waals surface area contributed by atoms with Crippen LogP contribution in [0.15, 0.2) is 29.3 Å². The average Bonchev–Trinajstić information content (AvgIpc) is 2.72. The molecule has 0 atom stereocenters. The van der Waals surface area contributed by atoms with Crippen LogP contribution in [0.4, 0.5) is 11.5 Å². The Morgan fingerprint density at radius 3 is 2.26 bits per heavy atom. The summed E-state index contributed by atoms with van der Waals surface area (Å²) < 4.78 is 25.3. The van der Waals surface area contributed by atoms with Gasteiger partial charge in [-0.15, -0.1) is 5.10 Å². The van der Waals surface area contributed by atoms with E-state index in [0.717, 1.165) is 0 Å². The van der Waals surface area contributed by atoms with Crippen molar-refractivity contribution >= 4 is 21.3 Å². The van der Waals surface area contributed by atoms with Crippen molar-refractivity contribution in [3.8, 4) is 5.69 Å². The maximum absolute atomic E-state index is 12.0. The molecule has 0 saturated heterocycles. The minimum Gasteiger partial charge on any atom is -0.399 e. The lowest BCUT2D eigenvalue weighted by Gasteiger charge is -2.06. The molecule has 1 aromatic carbocycles. The Kier molecular flexibility index (Phi) is 3.19. The number of anilines is 2. The predicted molar refractivity (Wildman–Crippen MR) is 72.5 cm³/mol. The van der Waals surface area contributed by atoms with Crippen molar-refractivity contribution in [2.45, 2.75) is 24.1 Å². The number of nitrogens with two attached hydrogens (primary N) is 2. The van der Waals surface area contributed by atoms with Gasteiger partial charge in [-0.05, 0) is 38.1 Å². The molecule has 0 saturated carbocycles. The van der Waals surface area contributed by atoms with Gasteiger partial charge in [0.1, 0.15) is 0 Å². The summed E-state index contributed by atoms with van der Waals surface area (Å²) in [5.74, 6) is -0.00142. The van der Waals surface area contributed by atoms with E-state index in [2.05, 4.69) is 10.3 Å². The van der Waals surface area contributed by atoms with Crippen LogP contribution in [0, 0.1) is 0 Å². The SMILES string of the molecule is CC(C)S(=O)(=O)c1nnn(-c2ccc(N)cc2)c1N. The topological polar surface area (TPSA) is 117 Å². The van der Waals surface area contributed by atoms with Crippen LogP contribution in [0.25, 0.3) is 5.69 Å². The van der Waals surface area contributed by atoms with E-state index < -0.39 is 15.1 Å². The molecule has 0 radical (unpaired) electrons. The van der Waals surface area contributed by atoms with Crippen molar-refractivity contribution in [3.05, 3.63) is 24.3 Å². The number of aromatic nitrogens is 3. The lowest BCUT2D eigenvalue weighted by molar-refractivity contribution is 0.583. The van der Waals surface area contributed by atoms with Gasteiger partial charge in [0.05, 0.1) is 10.9 Å². The summed E-state index contributed by atoms with van der Waals surface area (Å²) in [7, 11) is -3.55. The fourth-order valence-corrected chi connectivity index (χ4v) is 2.48. The normalized spacial score (nSPS) is 11.9. The van der Waals surface area contributed by atoms with E-state index >= 15 is 0 Å². The van der Waals surface area contributed by atoms with E-state index in [9.17, 15) is 8.42 Å². The van der Waals surface area contributed by atoms with Crippen LogP contribution in [0.2, 0.25) is 0 Å². The molecular weight excluding hydrogens is 266 g/mol. The number of nitrogens with zero attached hydrogens (tertiary/aromatic N) is 3. The highest BCUT2D eigenvalue weighted by Crippen LogP contribution is 2.22. The summed E-state index contributed by atoms with van der Waals surface area (Å²) in [5, 5.41) is 6.66. The van der Waals surface area contributed by atoms with Crippen molar-refractivity contribution in [1.29, 1.82) is 0 Å². The molecule has 0 aliphatic heterocycles. The molecule has 2 rings (SSSR count). The lowest BCUT2D eigenvalue weighted by atomic mass is 10.3. The molecule has 0 aliphatic carbocycles. The second-order valence-electron chi connectivity index (χ2n) is 4.38. The Morgan fingerprint density at radius 1 is 1.16 bits per heavy atom. The van der Waals surface area contributed by atoms with Gasteiger partial charge in [-0.3, -0.25) is 0 Å².